The minimum Gasteiger partial charge on any atom is -0.756 e. The fourth-order valence-electron chi connectivity index (χ4n) is 5.43. The number of rotatable bonds is 38. The largest absolute Gasteiger partial charge is 0.756 e. The number of likely N-dealkylation sites (N-methyl/N-ethyl adjacent to an activating group) is 1. The summed E-state index contributed by atoms with van der Waals surface area (Å²) in [7, 11) is 1.04. The van der Waals surface area contributed by atoms with Gasteiger partial charge in [-0.05, 0) is 44.6 Å². The van der Waals surface area contributed by atoms with E-state index in [0.29, 0.717) is 17.4 Å². The number of nitrogens with zero attached hydrogens (tertiary/aromatic N) is 1. The first-order valence-electron chi connectivity index (χ1n) is 21.3. The second kappa shape index (κ2) is 36.0. The number of hydrogen-bond donors (Lipinski definition) is 0. The Morgan fingerprint density at radius 3 is 1.78 bits per heavy atom. The van der Waals surface area contributed by atoms with Crippen LogP contribution in [0, 0.1) is 0 Å². The van der Waals surface area contributed by atoms with Gasteiger partial charge < -0.3 is 27.9 Å². The predicted octanol–water partition coefficient (Wildman–Crippen LogP) is 10.5. The Morgan fingerprint density at radius 1 is 0.618 bits per heavy atom. The van der Waals surface area contributed by atoms with Gasteiger partial charge >= 0.3 is 11.9 Å². The standard InChI is InChI=1S/C44H78NO9P/c1-6-8-10-12-14-16-18-20-22-24-26-28-30-33-41(46)34-32-36-43(47)51-39-42(40-53-55(49,50)52-38-37-45(3,4)5)54-44(48)35-31-29-27-25-23-21-19-17-15-13-11-9-7-2/h14,16,20,22,26,28,30,33,42H,6-13,15,17-19,21,23-25,27,29,31-32,34-40H2,1-5H3/b16-14-,22-20-,28-26-,33-30+/t42-/m1/s1. The summed E-state index contributed by atoms with van der Waals surface area (Å²) in [6, 6.07) is 0. The third kappa shape index (κ3) is 39.7. The molecule has 0 aliphatic rings. The van der Waals surface area contributed by atoms with Crippen molar-refractivity contribution in [1.82, 2.24) is 0 Å². The molecule has 55 heavy (non-hydrogen) atoms. The third-order valence-electron chi connectivity index (χ3n) is 8.83. The molecule has 0 aromatic heterocycles. The number of phosphoric ester groups is 1. The lowest BCUT2D eigenvalue weighted by Crippen LogP contribution is -2.37. The Balaban J connectivity index is 4.58. The van der Waals surface area contributed by atoms with Gasteiger partial charge in [-0.2, -0.15) is 0 Å². The van der Waals surface area contributed by atoms with E-state index in [-0.39, 0.29) is 44.7 Å². The summed E-state index contributed by atoms with van der Waals surface area (Å²) < 4.78 is 33.6. The van der Waals surface area contributed by atoms with Crippen LogP contribution in [0.3, 0.4) is 0 Å². The molecule has 0 fully saturated rings. The number of ether oxygens (including phenoxy) is 2. The molecule has 1 unspecified atom stereocenters. The third-order valence-corrected chi connectivity index (χ3v) is 9.79. The summed E-state index contributed by atoms with van der Waals surface area (Å²) in [6.45, 7) is 3.91. The topological polar surface area (TPSA) is 128 Å². The van der Waals surface area contributed by atoms with E-state index in [1.165, 1.54) is 83.1 Å². The quantitative estimate of drug-likeness (QED) is 0.0114. The first-order chi connectivity index (χ1) is 26.4. The van der Waals surface area contributed by atoms with E-state index in [1.54, 1.807) is 6.08 Å². The van der Waals surface area contributed by atoms with Crippen LogP contribution in [-0.2, 0) is 37.5 Å². The van der Waals surface area contributed by atoms with Crippen molar-refractivity contribution in [3.63, 3.8) is 0 Å². The lowest BCUT2D eigenvalue weighted by atomic mass is 10.0. The summed E-state index contributed by atoms with van der Waals surface area (Å²) >= 11 is 0. The van der Waals surface area contributed by atoms with Crippen LogP contribution in [0.4, 0.5) is 0 Å². The van der Waals surface area contributed by atoms with Crippen LogP contribution in [-0.4, -0.2) is 75.8 Å². The van der Waals surface area contributed by atoms with Gasteiger partial charge in [-0.1, -0.05) is 146 Å². The molecule has 0 aliphatic carbocycles. The lowest BCUT2D eigenvalue weighted by Gasteiger charge is -2.28. The number of unbranched alkanes of at least 4 members (excludes halogenated alkanes) is 15. The van der Waals surface area contributed by atoms with Gasteiger partial charge in [0.2, 0.25) is 0 Å². The van der Waals surface area contributed by atoms with Crippen LogP contribution in [0.15, 0.2) is 48.6 Å². The highest BCUT2D eigenvalue weighted by Crippen LogP contribution is 2.38. The Bertz CT molecular complexity index is 1140. The number of carbonyl (C=O) groups excluding carboxylic acids is 3. The number of phosphoric acid groups is 1. The molecule has 0 bridgehead atoms. The van der Waals surface area contributed by atoms with Crippen LogP contribution in [0.1, 0.15) is 162 Å². The van der Waals surface area contributed by atoms with E-state index < -0.39 is 32.5 Å². The molecule has 0 heterocycles. The van der Waals surface area contributed by atoms with Gasteiger partial charge in [-0.15, -0.1) is 0 Å². The maximum absolute atomic E-state index is 12.6. The van der Waals surface area contributed by atoms with Crippen molar-refractivity contribution in [3.05, 3.63) is 48.6 Å². The Hall–Kier alpha value is -2.36. The molecule has 0 aromatic carbocycles. The zero-order valence-electron chi connectivity index (χ0n) is 35.4. The molecular formula is C44H78NO9P. The molecule has 2 atom stereocenters. The fourth-order valence-corrected chi connectivity index (χ4v) is 6.16. The second-order valence-electron chi connectivity index (χ2n) is 15.4. The van der Waals surface area contributed by atoms with E-state index in [0.717, 1.165) is 38.5 Å². The van der Waals surface area contributed by atoms with Crippen LogP contribution in [0.5, 0.6) is 0 Å². The zero-order valence-corrected chi connectivity index (χ0v) is 36.3. The monoisotopic (exact) mass is 796 g/mol. The normalized spacial score (nSPS) is 14.0. The molecule has 0 aromatic rings. The number of allylic oxidation sites excluding steroid dienone is 8. The molecular weight excluding hydrogens is 717 g/mol. The molecule has 0 N–H and O–H groups in total. The smallest absolute Gasteiger partial charge is 0.306 e. The Kier molecular flexibility index (Phi) is 34.5. The van der Waals surface area contributed by atoms with Crippen molar-refractivity contribution in [2.75, 3.05) is 47.5 Å². The van der Waals surface area contributed by atoms with E-state index >= 15 is 0 Å². The van der Waals surface area contributed by atoms with Crippen LogP contribution >= 0.6 is 7.82 Å². The molecule has 0 spiro atoms. The molecule has 0 radical (unpaired) electrons. The molecule has 0 saturated heterocycles. The fraction of sp³-hybridized carbons (Fsp3) is 0.750. The highest BCUT2D eigenvalue weighted by atomic mass is 31.2. The van der Waals surface area contributed by atoms with Crippen LogP contribution in [0.2, 0.25) is 0 Å². The highest BCUT2D eigenvalue weighted by Gasteiger charge is 2.21. The van der Waals surface area contributed by atoms with Gasteiger partial charge in [0, 0.05) is 19.3 Å². The van der Waals surface area contributed by atoms with Crippen molar-refractivity contribution < 1.29 is 46.8 Å². The maximum atomic E-state index is 12.6. The summed E-state index contributed by atoms with van der Waals surface area (Å²) in [5, 5.41) is 0. The molecule has 318 valence electrons. The maximum Gasteiger partial charge on any atom is 0.306 e. The van der Waals surface area contributed by atoms with Gasteiger partial charge in [-0.25, -0.2) is 0 Å². The second-order valence-corrected chi connectivity index (χ2v) is 16.8. The summed E-state index contributed by atoms with van der Waals surface area (Å²) in [5.41, 5.74) is 0. The van der Waals surface area contributed by atoms with Crippen molar-refractivity contribution >= 4 is 25.5 Å². The number of ketones is 1. The molecule has 0 aliphatic heterocycles. The van der Waals surface area contributed by atoms with Gasteiger partial charge in [0.25, 0.3) is 7.82 Å². The number of carbonyl (C=O) groups is 3. The van der Waals surface area contributed by atoms with Crippen molar-refractivity contribution in [2.45, 2.75) is 168 Å². The lowest BCUT2D eigenvalue weighted by molar-refractivity contribution is -0.870. The molecule has 0 amide bonds. The van der Waals surface area contributed by atoms with Crippen LogP contribution in [0.25, 0.3) is 0 Å². The van der Waals surface area contributed by atoms with E-state index in [2.05, 4.69) is 38.2 Å². The molecule has 10 nitrogen and oxygen atoms in total. The minimum atomic E-state index is -4.68. The van der Waals surface area contributed by atoms with Gasteiger partial charge in [0.1, 0.15) is 19.8 Å². The SMILES string of the molecule is CCCCC/C=C\C/C=C\C/C=C\C=C\C(=O)CCCC(=O)OC[C@H](COP(=O)([O-])OCC[N+](C)(C)C)OC(=O)CCCCCCCCCCCCCCC. The minimum absolute atomic E-state index is 0.0119. The van der Waals surface area contributed by atoms with Crippen molar-refractivity contribution in [2.24, 2.45) is 0 Å². The highest BCUT2D eigenvalue weighted by molar-refractivity contribution is 7.45. The van der Waals surface area contributed by atoms with Crippen molar-refractivity contribution in [3.8, 4) is 0 Å². The summed E-state index contributed by atoms with van der Waals surface area (Å²) in [5.74, 6) is -1.19. The average Bonchev–Trinajstić information content (AvgIpc) is 3.12. The number of hydrogen-bond acceptors (Lipinski definition) is 9. The van der Waals surface area contributed by atoms with Crippen molar-refractivity contribution in [1.29, 1.82) is 0 Å². The number of quaternary nitrogens is 1. The molecule has 0 saturated carbocycles. The van der Waals surface area contributed by atoms with E-state index in [9.17, 15) is 23.8 Å². The Labute approximate surface area is 335 Å². The first-order valence-corrected chi connectivity index (χ1v) is 22.8. The molecule has 11 heteroatoms. The van der Waals surface area contributed by atoms with E-state index in [1.807, 2.05) is 33.3 Å². The van der Waals surface area contributed by atoms with Gasteiger partial charge in [0.15, 0.2) is 11.9 Å². The molecule has 0 rings (SSSR count). The average molecular weight is 796 g/mol. The number of esters is 2. The predicted molar refractivity (Wildman–Crippen MR) is 222 cm³/mol. The first kappa shape index (κ1) is 52.6. The Morgan fingerprint density at radius 2 is 1.16 bits per heavy atom. The summed E-state index contributed by atoms with van der Waals surface area (Å²) in [4.78, 5) is 49.7. The van der Waals surface area contributed by atoms with Crippen LogP contribution < -0.4 is 4.89 Å². The van der Waals surface area contributed by atoms with E-state index in [4.69, 9.17) is 18.5 Å². The zero-order chi connectivity index (χ0) is 40.9. The van der Waals surface area contributed by atoms with Gasteiger partial charge in [-0.3, -0.25) is 18.9 Å². The van der Waals surface area contributed by atoms with Gasteiger partial charge in [0.05, 0.1) is 27.7 Å². The summed E-state index contributed by atoms with van der Waals surface area (Å²) in [6.07, 6.45) is 37.1.